The van der Waals surface area contributed by atoms with Crippen LogP contribution in [0.15, 0.2) is 83.8 Å². The third-order valence-corrected chi connectivity index (χ3v) is 7.22. The first kappa shape index (κ1) is 28.8. The molecule has 0 aliphatic rings. The first-order chi connectivity index (χ1) is 20.4. The van der Waals surface area contributed by atoms with E-state index >= 15 is 0 Å². The Morgan fingerprint density at radius 1 is 1.07 bits per heavy atom. The highest BCUT2D eigenvalue weighted by molar-refractivity contribution is 6.30. The number of aromatic amines is 1. The fourth-order valence-corrected chi connectivity index (χ4v) is 4.92. The molecule has 0 amide bonds. The van der Waals surface area contributed by atoms with Crippen LogP contribution in [0, 0.1) is 11.3 Å². The van der Waals surface area contributed by atoms with E-state index in [9.17, 15) is 14.9 Å². The van der Waals surface area contributed by atoms with E-state index in [4.69, 9.17) is 32.9 Å². The number of nitrogens with two attached hydrogens (primary N) is 2. The molecule has 2 aromatic heterocycles. The summed E-state index contributed by atoms with van der Waals surface area (Å²) in [4.78, 5) is 30.0. The lowest BCUT2D eigenvalue weighted by atomic mass is 10.0. The van der Waals surface area contributed by atoms with Gasteiger partial charge in [-0.3, -0.25) is 4.79 Å². The second kappa shape index (κ2) is 12.8. The lowest BCUT2D eigenvalue weighted by Gasteiger charge is -2.14. The molecule has 0 bridgehead atoms. The molecule has 42 heavy (non-hydrogen) atoms. The zero-order valence-corrected chi connectivity index (χ0v) is 23.5. The number of benzene rings is 3. The third kappa shape index (κ3) is 6.11. The van der Waals surface area contributed by atoms with Crippen LogP contribution in [0.1, 0.15) is 36.1 Å². The minimum absolute atomic E-state index is 0.0627. The van der Waals surface area contributed by atoms with Gasteiger partial charge >= 0.3 is 5.97 Å². The van der Waals surface area contributed by atoms with E-state index in [2.05, 4.69) is 4.98 Å². The van der Waals surface area contributed by atoms with Crippen LogP contribution in [0.5, 0.6) is 5.75 Å². The summed E-state index contributed by atoms with van der Waals surface area (Å²) in [5.74, 6) is -0.595. The molecule has 5 rings (SSSR count). The van der Waals surface area contributed by atoms with E-state index in [0.717, 1.165) is 23.1 Å². The fourth-order valence-electron chi connectivity index (χ4n) is 4.80. The molecule has 5 N–H and O–H groups in total. The summed E-state index contributed by atoms with van der Waals surface area (Å²) < 4.78 is 6.97. The van der Waals surface area contributed by atoms with Crippen molar-refractivity contribution in [1.82, 2.24) is 14.6 Å². The van der Waals surface area contributed by atoms with Gasteiger partial charge in [0.1, 0.15) is 17.4 Å². The van der Waals surface area contributed by atoms with Crippen molar-refractivity contribution in [1.29, 1.82) is 5.26 Å². The number of carbonyl (C=O) groups excluding carboxylic acids is 1. The maximum absolute atomic E-state index is 14.0. The molecular weight excluding hydrogens is 552 g/mol. The number of rotatable bonds is 10. The van der Waals surface area contributed by atoms with Crippen LogP contribution in [0.4, 0.5) is 0 Å². The Morgan fingerprint density at radius 2 is 1.83 bits per heavy atom. The number of aromatic nitrogens is 3. The van der Waals surface area contributed by atoms with Gasteiger partial charge in [-0.25, -0.2) is 4.79 Å². The summed E-state index contributed by atoms with van der Waals surface area (Å²) in [5.41, 5.74) is 15.8. The molecule has 0 saturated carbocycles. The van der Waals surface area contributed by atoms with Crippen LogP contribution in [0.25, 0.3) is 27.9 Å². The summed E-state index contributed by atoms with van der Waals surface area (Å²) in [7, 11) is 0. The van der Waals surface area contributed by atoms with Gasteiger partial charge in [0.25, 0.3) is 5.56 Å². The van der Waals surface area contributed by atoms with Crippen LogP contribution in [-0.2, 0) is 11.2 Å². The second-order valence-electron chi connectivity index (χ2n) is 9.89. The number of nitrogens with zero attached hydrogens (tertiary/aromatic N) is 3. The molecule has 3 aromatic carbocycles. The van der Waals surface area contributed by atoms with Crippen molar-refractivity contribution >= 4 is 23.2 Å². The largest absolute Gasteiger partial charge is 0.425 e. The molecule has 0 aliphatic heterocycles. The summed E-state index contributed by atoms with van der Waals surface area (Å²) in [6, 6.07) is 22.9. The van der Waals surface area contributed by atoms with Gasteiger partial charge in [0.05, 0.1) is 22.9 Å². The van der Waals surface area contributed by atoms with E-state index in [0.29, 0.717) is 47.7 Å². The van der Waals surface area contributed by atoms with Crippen molar-refractivity contribution in [2.75, 3.05) is 6.54 Å². The fraction of sp³-hybridized carbons (Fsp3) is 0.188. The number of nitriles is 1. The average Bonchev–Trinajstić information content (AvgIpc) is 3.37. The first-order valence-corrected chi connectivity index (χ1v) is 13.9. The molecule has 1 atom stereocenters. The van der Waals surface area contributed by atoms with Crippen LogP contribution in [-0.4, -0.2) is 33.2 Å². The van der Waals surface area contributed by atoms with Gasteiger partial charge in [0.15, 0.2) is 0 Å². The molecule has 0 spiro atoms. The number of H-pyrrole nitrogens is 1. The Kier molecular flexibility index (Phi) is 8.79. The highest BCUT2D eigenvalue weighted by Crippen LogP contribution is 2.33. The molecule has 10 heteroatoms. The average molecular weight is 581 g/mol. The van der Waals surface area contributed by atoms with Crippen molar-refractivity contribution < 1.29 is 9.53 Å². The smallest absolute Gasteiger partial charge is 0.328 e. The Balaban J connectivity index is 1.60. The molecule has 5 aromatic rings. The van der Waals surface area contributed by atoms with Gasteiger partial charge < -0.3 is 21.2 Å². The summed E-state index contributed by atoms with van der Waals surface area (Å²) in [6.07, 6.45) is 3.87. The molecule has 0 fully saturated rings. The van der Waals surface area contributed by atoms with E-state index in [1.54, 1.807) is 30.5 Å². The predicted octanol–water partition coefficient (Wildman–Crippen LogP) is 4.83. The highest BCUT2D eigenvalue weighted by Gasteiger charge is 2.23. The molecule has 2 heterocycles. The van der Waals surface area contributed by atoms with Crippen molar-refractivity contribution in [2.45, 2.75) is 31.7 Å². The highest BCUT2D eigenvalue weighted by atomic mass is 35.5. The second-order valence-corrected chi connectivity index (χ2v) is 10.3. The molecule has 212 valence electrons. The van der Waals surface area contributed by atoms with Crippen LogP contribution < -0.4 is 21.8 Å². The minimum Gasteiger partial charge on any atom is -0.425 e. The SMILES string of the molecule is N#Cc1ccc(-c2c[nH]c3c(-c4ccc(Cl)cc4)c(Cc4ccccc4)nn3c2=O)c(OC(=O)[C@H](N)CCCCN)c1. The molecule has 0 unspecified atom stereocenters. The Labute approximate surface area is 247 Å². The van der Waals surface area contributed by atoms with Gasteiger partial charge in [-0.05, 0) is 60.8 Å². The molecule has 9 nitrogen and oxygen atoms in total. The Morgan fingerprint density at radius 3 is 2.55 bits per heavy atom. The van der Waals surface area contributed by atoms with Gasteiger partial charge in [0.2, 0.25) is 0 Å². The molecule has 0 aliphatic carbocycles. The zero-order valence-electron chi connectivity index (χ0n) is 22.7. The maximum Gasteiger partial charge on any atom is 0.328 e. The van der Waals surface area contributed by atoms with Crippen molar-refractivity contribution in [3.05, 3.63) is 111 Å². The lowest BCUT2D eigenvalue weighted by molar-refractivity contribution is -0.136. The molecule has 0 radical (unpaired) electrons. The van der Waals surface area contributed by atoms with Crippen LogP contribution >= 0.6 is 11.6 Å². The van der Waals surface area contributed by atoms with Gasteiger partial charge in [-0.2, -0.15) is 14.9 Å². The Hall–Kier alpha value is -4.75. The zero-order chi connectivity index (χ0) is 29.6. The van der Waals surface area contributed by atoms with Crippen molar-refractivity contribution in [2.24, 2.45) is 11.5 Å². The normalized spacial score (nSPS) is 11.8. The van der Waals surface area contributed by atoms with Crippen molar-refractivity contribution in [3.63, 3.8) is 0 Å². The topological polar surface area (TPSA) is 152 Å². The van der Waals surface area contributed by atoms with Gasteiger partial charge in [-0.1, -0.05) is 60.5 Å². The predicted molar refractivity (Wildman–Crippen MR) is 162 cm³/mol. The van der Waals surface area contributed by atoms with Crippen molar-refractivity contribution in [3.8, 4) is 34.1 Å². The number of halogens is 1. The summed E-state index contributed by atoms with van der Waals surface area (Å²) >= 11 is 6.15. The number of hydrogen-bond donors (Lipinski definition) is 3. The van der Waals surface area contributed by atoms with Gasteiger partial charge in [-0.15, -0.1) is 0 Å². The monoisotopic (exact) mass is 580 g/mol. The minimum atomic E-state index is -0.871. The summed E-state index contributed by atoms with van der Waals surface area (Å²) in [6.45, 7) is 0.502. The summed E-state index contributed by atoms with van der Waals surface area (Å²) in [5, 5.41) is 14.8. The molecule has 0 saturated heterocycles. The number of carbonyl (C=O) groups is 1. The van der Waals surface area contributed by atoms with Gasteiger partial charge in [0, 0.05) is 28.8 Å². The number of unbranched alkanes of at least 4 members (excludes halogenated alkanes) is 1. The van der Waals surface area contributed by atoms with Crippen LogP contribution in [0.2, 0.25) is 5.02 Å². The number of fused-ring (bicyclic) bond motifs is 1. The number of hydrogen-bond acceptors (Lipinski definition) is 7. The number of esters is 1. The third-order valence-electron chi connectivity index (χ3n) is 6.96. The molecular formula is C32H29ClN6O3. The number of nitrogens with one attached hydrogen (secondary N) is 1. The van der Waals surface area contributed by atoms with E-state index < -0.39 is 17.6 Å². The van der Waals surface area contributed by atoms with E-state index in [-0.39, 0.29) is 16.9 Å². The maximum atomic E-state index is 14.0. The van der Waals surface area contributed by atoms with E-state index in [1.165, 1.54) is 10.6 Å². The Bertz CT molecular complexity index is 1820. The van der Waals surface area contributed by atoms with E-state index in [1.807, 2.05) is 48.5 Å². The quantitative estimate of drug-likeness (QED) is 0.121. The van der Waals surface area contributed by atoms with Crippen LogP contribution in [0.3, 0.4) is 0 Å². The first-order valence-electron chi connectivity index (χ1n) is 13.5. The lowest BCUT2D eigenvalue weighted by Crippen LogP contribution is -2.34. The number of ether oxygens (including phenoxy) is 1. The standard InChI is InChI=1S/C32H29ClN6O3/c33-23-12-10-22(11-13-23)29-27(16-20-6-2-1-3-7-20)38-39-30(29)37-19-25(31(39)40)24-14-9-21(18-35)17-28(24)42-32(41)26(36)8-4-5-15-34/h1-3,6-7,9-14,17,19,26,37H,4-5,8,15-16,34,36H2/t26-/m1/s1.